The molecule has 1 aromatic carbocycles. The van der Waals surface area contributed by atoms with Crippen LogP contribution in [0.4, 0.5) is 4.79 Å². The molecule has 0 saturated heterocycles. The Kier molecular flexibility index (Phi) is 5.90. The normalized spacial score (nSPS) is 11.1. The first-order valence-corrected chi connectivity index (χ1v) is 8.93. The molecule has 0 radical (unpaired) electrons. The monoisotopic (exact) mass is 365 g/mol. The zero-order valence-electron chi connectivity index (χ0n) is 13.7. The molecule has 0 aliphatic heterocycles. The Morgan fingerprint density at radius 1 is 1.17 bits per heavy atom. The number of carboxylic acids is 1. The van der Waals surface area contributed by atoms with E-state index in [9.17, 15) is 9.59 Å². The highest BCUT2D eigenvalue weighted by Crippen LogP contribution is 2.33. The van der Waals surface area contributed by atoms with Crippen molar-refractivity contribution < 1.29 is 19.4 Å². The fourth-order valence-electron chi connectivity index (χ4n) is 1.76. The Labute approximate surface area is 149 Å². The lowest BCUT2D eigenvalue weighted by Gasteiger charge is -2.19. The molecule has 24 heavy (non-hydrogen) atoms. The van der Waals surface area contributed by atoms with Gasteiger partial charge < -0.3 is 15.2 Å². The Bertz CT molecular complexity index is 717. The minimum atomic E-state index is -0.932. The summed E-state index contributed by atoms with van der Waals surface area (Å²) in [4.78, 5) is 24.5. The van der Waals surface area contributed by atoms with Crippen LogP contribution < -0.4 is 5.32 Å². The topological polar surface area (TPSA) is 75.6 Å². The van der Waals surface area contributed by atoms with Gasteiger partial charge in [-0.1, -0.05) is 11.8 Å². The molecule has 5 nitrogen and oxygen atoms in total. The molecule has 0 aliphatic rings. The summed E-state index contributed by atoms with van der Waals surface area (Å²) in [6, 6.07) is 10.7. The van der Waals surface area contributed by atoms with Crippen molar-refractivity contribution in [3.63, 3.8) is 0 Å². The maximum absolute atomic E-state index is 11.6. The predicted octanol–water partition coefficient (Wildman–Crippen LogP) is 4.62. The average Bonchev–Trinajstić information content (AvgIpc) is 2.91. The summed E-state index contributed by atoms with van der Waals surface area (Å²) in [6.45, 7) is 5.88. The first-order chi connectivity index (χ1) is 11.2. The van der Waals surface area contributed by atoms with Gasteiger partial charge in [-0.05, 0) is 57.2 Å². The number of hydrogen-bond acceptors (Lipinski definition) is 5. The zero-order valence-corrected chi connectivity index (χ0v) is 15.3. The molecule has 0 saturated carbocycles. The minimum Gasteiger partial charge on any atom is -0.478 e. The van der Waals surface area contributed by atoms with Crippen LogP contribution >= 0.6 is 23.1 Å². The second-order valence-corrected chi connectivity index (χ2v) is 8.55. The molecule has 0 atom stereocenters. The smallest absolute Gasteiger partial charge is 0.407 e. The van der Waals surface area contributed by atoms with Gasteiger partial charge in [-0.3, -0.25) is 0 Å². The first kappa shape index (κ1) is 18.4. The van der Waals surface area contributed by atoms with Gasteiger partial charge in [-0.25, -0.2) is 9.59 Å². The lowest BCUT2D eigenvalue weighted by atomic mass is 10.2. The van der Waals surface area contributed by atoms with Crippen LogP contribution in [0.3, 0.4) is 0 Å². The van der Waals surface area contributed by atoms with Crippen molar-refractivity contribution in [3.8, 4) is 0 Å². The van der Waals surface area contributed by atoms with E-state index >= 15 is 0 Å². The lowest BCUT2D eigenvalue weighted by molar-refractivity contribution is 0.0523. The quantitative estimate of drug-likeness (QED) is 0.808. The molecule has 0 bridgehead atoms. The molecule has 1 aromatic heterocycles. The van der Waals surface area contributed by atoms with Crippen molar-refractivity contribution in [2.45, 2.75) is 42.0 Å². The largest absolute Gasteiger partial charge is 0.478 e. The van der Waals surface area contributed by atoms with E-state index in [1.165, 1.54) is 0 Å². The number of hydrogen-bond donors (Lipinski definition) is 2. The Hall–Kier alpha value is -1.99. The van der Waals surface area contributed by atoms with Crippen LogP contribution in [0.15, 0.2) is 45.5 Å². The van der Waals surface area contributed by atoms with Gasteiger partial charge in [0, 0.05) is 9.77 Å². The highest BCUT2D eigenvalue weighted by Gasteiger charge is 2.16. The van der Waals surface area contributed by atoms with Gasteiger partial charge in [0.2, 0.25) is 0 Å². The predicted molar refractivity (Wildman–Crippen MR) is 94.9 cm³/mol. The van der Waals surface area contributed by atoms with Crippen LogP contribution in [0, 0.1) is 0 Å². The molecule has 2 rings (SSSR count). The van der Waals surface area contributed by atoms with E-state index < -0.39 is 17.7 Å². The summed E-state index contributed by atoms with van der Waals surface area (Å²) < 4.78 is 6.26. The summed E-state index contributed by atoms with van der Waals surface area (Å²) in [5, 5.41) is 11.6. The highest BCUT2D eigenvalue weighted by molar-refractivity contribution is 8.01. The number of aromatic carboxylic acids is 1. The molecule has 0 unspecified atom stereocenters. The third-order valence-corrected chi connectivity index (χ3v) is 4.99. The number of benzene rings is 1. The van der Waals surface area contributed by atoms with E-state index in [1.807, 2.05) is 32.9 Å². The maximum Gasteiger partial charge on any atom is 0.407 e. The minimum absolute atomic E-state index is 0.271. The van der Waals surface area contributed by atoms with E-state index in [0.29, 0.717) is 6.54 Å². The van der Waals surface area contributed by atoms with Gasteiger partial charge in [-0.2, -0.15) is 0 Å². The SMILES string of the molecule is CC(C)(C)OC(=O)NCc1ccc(Sc2ccc(C(=O)O)cc2)s1. The second kappa shape index (κ2) is 7.72. The van der Waals surface area contributed by atoms with Crippen molar-refractivity contribution in [2.24, 2.45) is 0 Å². The number of ether oxygens (including phenoxy) is 1. The maximum atomic E-state index is 11.6. The number of carbonyl (C=O) groups excluding carboxylic acids is 1. The lowest BCUT2D eigenvalue weighted by Crippen LogP contribution is -2.31. The average molecular weight is 365 g/mol. The highest BCUT2D eigenvalue weighted by atomic mass is 32.2. The van der Waals surface area contributed by atoms with E-state index in [2.05, 4.69) is 5.32 Å². The van der Waals surface area contributed by atoms with Crippen LogP contribution in [-0.4, -0.2) is 22.8 Å². The molecule has 0 fully saturated rings. The molecule has 2 N–H and O–H groups in total. The van der Waals surface area contributed by atoms with Crippen LogP contribution in [0.5, 0.6) is 0 Å². The number of thiophene rings is 1. The molecule has 0 spiro atoms. The molecule has 1 heterocycles. The van der Waals surface area contributed by atoms with Gasteiger partial charge in [0.1, 0.15) is 5.60 Å². The number of amides is 1. The summed E-state index contributed by atoms with van der Waals surface area (Å²) in [6.07, 6.45) is -0.436. The Morgan fingerprint density at radius 2 is 1.83 bits per heavy atom. The summed E-state index contributed by atoms with van der Waals surface area (Å²) >= 11 is 3.13. The van der Waals surface area contributed by atoms with Crippen molar-refractivity contribution in [3.05, 3.63) is 46.8 Å². The molecular formula is C17H19NO4S2. The van der Waals surface area contributed by atoms with Crippen molar-refractivity contribution in [1.82, 2.24) is 5.32 Å². The van der Waals surface area contributed by atoms with Crippen molar-refractivity contribution in [1.29, 1.82) is 0 Å². The summed E-state index contributed by atoms with van der Waals surface area (Å²) in [5.41, 5.74) is -0.240. The molecule has 2 aromatic rings. The van der Waals surface area contributed by atoms with Gasteiger partial charge >= 0.3 is 12.1 Å². The van der Waals surface area contributed by atoms with Gasteiger partial charge in [-0.15, -0.1) is 11.3 Å². The van der Waals surface area contributed by atoms with Gasteiger partial charge in [0.05, 0.1) is 16.3 Å². The molecule has 1 amide bonds. The van der Waals surface area contributed by atoms with Gasteiger partial charge in [0.25, 0.3) is 0 Å². The number of carboxylic acid groups (broad SMARTS) is 1. The van der Waals surface area contributed by atoms with Crippen molar-refractivity contribution in [2.75, 3.05) is 0 Å². The summed E-state index contributed by atoms with van der Waals surface area (Å²) in [7, 11) is 0. The van der Waals surface area contributed by atoms with Crippen LogP contribution in [0.25, 0.3) is 0 Å². The number of nitrogens with one attached hydrogen (secondary N) is 1. The second-order valence-electron chi connectivity index (χ2n) is 6.01. The van der Waals surface area contributed by atoms with E-state index in [4.69, 9.17) is 9.84 Å². The summed E-state index contributed by atoms with van der Waals surface area (Å²) in [5.74, 6) is -0.932. The Morgan fingerprint density at radius 3 is 2.42 bits per heavy atom. The van der Waals surface area contributed by atoms with Crippen molar-refractivity contribution >= 4 is 35.2 Å². The molecule has 7 heteroatoms. The molecule has 0 aliphatic carbocycles. The standard InChI is InChI=1S/C17H19NO4S2/c1-17(2,3)22-16(21)18-10-13-8-9-14(24-13)23-12-6-4-11(5-7-12)15(19)20/h4-9H,10H2,1-3H3,(H,18,21)(H,19,20). The third kappa shape index (κ3) is 5.90. The van der Waals surface area contributed by atoms with E-state index in [-0.39, 0.29) is 5.56 Å². The van der Waals surface area contributed by atoms with Gasteiger partial charge in [0.15, 0.2) is 0 Å². The van der Waals surface area contributed by atoms with E-state index in [0.717, 1.165) is 14.0 Å². The van der Waals surface area contributed by atoms with Crippen LogP contribution in [0.2, 0.25) is 0 Å². The molecular weight excluding hydrogens is 346 g/mol. The van der Waals surface area contributed by atoms with E-state index in [1.54, 1.807) is 47.4 Å². The Balaban J connectivity index is 1.89. The fourth-order valence-corrected chi connectivity index (χ4v) is 3.86. The number of alkyl carbamates (subject to hydrolysis) is 1. The third-order valence-electron chi connectivity index (χ3n) is 2.76. The number of carbonyl (C=O) groups is 2. The van der Waals surface area contributed by atoms with Crippen LogP contribution in [0.1, 0.15) is 36.0 Å². The fraction of sp³-hybridized carbons (Fsp3) is 0.294. The van der Waals surface area contributed by atoms with Crippen LogP contribution in [-0.2, 0) is 11.3 Å². The zero-order chi connectivity index (χ0) is 17.7. The number of rotatable bonds is 5. The molecule has 128 valence electrons. The first-order valence-electron chi connectivity index (χ1n) is 7.30.